The van der Waals surface area contributed by atoms with E-state index >= 15 is 0 Å². The summed E-state index contributed by atoms with van der Waals surface area (Å²) in [4.78, 5) is 13.2. The lowest BCUT2D eigenvalue weighted by atomic mass is 9.99. The summed E-state index contributed by atoms with van der Waals surface area (Å²) in [5, 5.41) is 7.12. The zero-order chi connectivity index (χ0) is 22.5. The number of ether oxygens (including phenoxy) is 1. The highest BCUT2D eigenvalue weighted by molar-refractivity contribution is 7.89. The van der Waals surface area contributed by atoms with E-state index in [1.54, 1.807) is 19.5 Å². The summed E-state index contributed by atoms with van der Waals surface area (Å²) in [7, 11) is -2.02. The Morgan fingerprint density at radius 3 is 2.37 bits per heavy atom. The van der Waals surface area contributed by atoms with Gasteiger partial charge in [0.2, 0.25) is 10.0 Å². The molecule has 0 amide bonds. The van der Waals surface area contributed by atoms with E-state index in [9.17, 15) is 26.0 Å². The number of rotatable bonds is 4. The Kier molecular flexibility index (Phi) is 7.50. The molecular weight excluding hydrogens is 432 g/mol. The van der Waals surface area contributed by atoms with Crippen molar-refractivity contribution in [3.63, 3.8) is 0 Å². The molecule has 30 heavy (non-hydrogen) atoms. The Hall–Kier alpha value is -2.57. The van der Waals surface area contributed by atoms with Crippen molar-refractivity contribution in [1.82, 2.24) is 9.29 Å². The van der Waals surface area contributed by atoms with Crippen LogP contribution in [0.25, 0.3) is 0 Å². The fourth-order valence-electron chi connectivity index (χ4n) is 2.78. The van der Waals surface area contributed by atoms with Crippen molar-refractivity contribution in [1.29, 1.82) is 0 Å². The second-order valence-electron chi connectivity index (χ2n) is 6.21. The average molecular weight is 450 g/mol. The maximum atomic E-state index is 13.0. The van der Waals surface area contributed by atoms with Gasteiger partial charge in [-0.2, -0.15) is 17.5 Å². The largest absolute Gasteiger partial charge is 0.490 e. The number of alkyl halides is 3. The van der Waals surface area contributed by atoms with Crippen molar-refractivity contribution in [2.75, 3.05) is 13.7 Å². The first-order valence-electron chi connectivity index (χ1n) is 8.46. The van der Waals surface area contributed by atoms with Crippen LogP contribution in [0.4, 0.5) is 17.6 Å². The zero-order valence-electron chi connectivity index (χ0n) is 15.7. The van der Waals surface area contributed by atoms with Crippen LogP contribution in [-0.4, -0.2) is 48.6 Å². The summed E-state index contributed by atoms with van der Waals surface area (Å²) in [5.41, 5.74) is 2.98. The number of nitrogens with zero attached hydrogens (tertiary/aromatic N) is 2. The molecule has 2 aromatic rings. The van der Waals surface area contributed by atoms with E-state index < -0.39 is 28.0 Å². The SMILES string of the molecule is COCc1cncc2c1CCN(S(=O)(=O)c1ccc(F)cc1)C2.O=C(O)C(F)(F)F. The number of hydrogen-bond donors (Lipinski definition) is 1. The van der Waals surface area contributed by atoms with Gasteiger partial charge in [-0.3, -0.25) is 4.98 Å². The summed E-state index contributed by atoms with van der Waals surface area (Å²) >= 11 is 0. The van der Waals surface area contributed by atoms with Crippen LogP contribution in [-0.2, 0) is 39.1 Å². The van der Waals surface area contributed by atoms with Crippen molar-refractivity contribution in [2.24, 2.45) is 0 Å². The molecule has 3 rings (SSSR count). The fourth-order valence-corrected chi connectivity index (χ4v) is 4.20. The van der Waals surface area contributed by atoms with E-state index in [0.29, 0.717) is 19.6 Å². The number of carbonyl (C=O) groups is 1. The lowest BCUT2D eigenvalue weighted by Gasteiger charge is -2.29. The van der Waals surface area contributed by atoms with Gasteiger partial charge in [-0.15, -0.1) is 0 Å². The van der Waals surface area contributed by atoms with Crippen LogP contribution < -0.4 is 0 Å². The van der Waals surface area contributed by atoms with Crippen molar-refractivity contribution in [3.05, 3.63) is 59.2 Å². The third-order valence-electron chi connectivity index (χ3n) is 4.19. The lowest BCUT2D eigenvalue weighted by Crippen LogP contribution is -2.36. The van der Waals surface area contributed by atoms with Crippen molar-refractivity contribution in [3.8, 4) is 0 Å². The molecule has 0 spiro atoms. The molecule has 0 aliphatic carbocycles. The summed E-state index contributed by atoms with van der Waals surface area (Å²) in [5.74, 6) is -3.21. The van der Waals surface area contributed by atoms with Crippen LogP contribution in [0, 0.1) is 5.82 Å². The van der Waals surface area contributed by atoms with Gasteiger partial charge in [-0.25, -0.2) is 17.6 Å². The molecule has 164 valence electrons. The second-order valence-corrected chi connectivity index (χ2v) is 8.15. The molecule has 1 aromatic heterocycles. The number of halogens is 4. The summed E-state index contributed by atoms with van der Waals surface area (Å²) in [6, 6.07) is 4.89. The first-order valence-corrected chi connectivity index (χ1v) is 9.90. The predicted molar refractivity (Wildman–Crippen MR) is 96.3 cm³/mol. The van der Waals surface area contributed by atoms with Crippen LogP contribution in [0.15, 0.2) is 41.6 Å². The number of pyridine rings is 1. The number of carboxylic acid groups (broad SMARTS) is 1. The van der Waals surface area contributed by atoms with Gasteiger partial charge >= 0.3 is 12.1 Å². The van der Waals surface area contributed by atoms with Crippen molar-refractivity contribution in [2.45, 2.75) is 30.6 Å². The van der Waals surface area contributed by atoms with Crippen molar-refractivity contribution >= 4 is 16.0 Å². The molecule has 0 saturated heterocycles. The zero-order valence-corrected chi connectivity index (χ0v) is 16.5. The van der Waals surface area contributed by atoms with E-state index in [1.165, 1.54) is 16.4 Å². The second kappa shape index (κ2) is 9.49. The smallest absolute Gasteiger partial charge is 0.475 e. The molecule has 1 aliphatic heterocycles. The van der Waals surface area contributed by atoms with Crippen molar-refractivity contribution < 1.29 is 40.6 Å². The molecule has 7 nitrogen and oxygen atoms in total. The van der Waals surface area contributed by atoms with Crippen LogP contribution in [0.5, 0.6) is 0 Å². The molecule has 1 aromatic carbocycles. The Morgan fingerprint density at radius 1 is 1.23 bits per heavy atom. The molecule has 0 radical (unpaired) electrons. The Bertz CT molecular complexity index is 995. The van der Waals surface area contributed by atoms with E-state index in [2.05, 4.69) is 4.98 Å². The molecule has 0 fully saturated rings. The third kappa shape index (κ3) is 5.74. The van der Waals surface area contributed by atoms with Gasteiger partial charge in [0, 0.05) is 32.6 Å². The van der Waals surface area contributed by atoms with Gasteiger partial charge in [-0.05, 0) is 47.4 Å². The first kappa shape index (κ1) is 23.7. The molecule has 0 atom stereocenters. The van der Waals surface area contributed by atoms with Gasteiger partial charge in [0.1, 0.15) is 5.82 Å². The topological polar surface area (TPSA) is 96.8 Å². The number of sulfonamides is 1. The van der Waals surface area contributed by atoms with Crippen LogP contribution in [0.1, 0.15) is 16.7 Å². The Balaban J connectivity index is 0.000000396. The van der Waals surface area contributed by atoms with Gasteiger partial charge in [0.15, 0.2) is 0 Å². The van der Waals surface area contributed by atoms with Crippen LogP contribution in [0.2, 0.25) is 0 Å². The number of benzene rings is 1. The van der Waals surface area contributed by atoms with E-state index in [1.807, 2.05) is 0 Å². The minimum Gasteiger partial charge on any atom is -0.475 e. The summed E-state index contributed by atoms with van der Waals surface area (Å²) in [6.45, 7) is 1.11. The van der Waals surface area contributed by atoms with Gasteiger partial charge in [0.25, 0.3) is 0 Å². The normalized spacial score (nSPS) is 14.4. The Labute approximate surface area is 170 Å². The predicted octanol–water partition coefficient (Wildman–Crippen LogP) is 2.75. The van der Waals surface area contributed by atoms with Gasteiger partial charge in [0.05, 0.1) is 11.5 Å². The van der Waals surface area contributed by atoms with Crippen LogP contribution in [0.3, 0.4) is 0 Å². The van der Waals surface area contributed by atoms with Gasteiger partial charge in [-0.1, -0.05) is 0 Å². The van der Waals surface area contributed by atoms with E-state index in [0.717, 1.165) is 28.8 Å². The molecular formula is C18H18F4N2O5S. The molecule has 0 saturated carbocycles. The first-order chi connectivity index (χ1) is 14.0. The molecule has 1 N–H and O–H groups in total. The molecule has 1 aliphatic rings. The highest BCUT2D eigenvalue weighted by atomic mass is 32.2. The molecule has 0 bridgehead atoms. The molecule has 12 heteroatoms. The van der Waals surface area contributed by atoms with E-state index in [-0.39, 0.29) is 11.4 Å². The lowest BCUT2D eigenvalue weighted by molar-refractivity contribution is -0.192. The monoisotopic (exact) mass is 450 g/mol. The minimum atomic E-state index is -5.08. The maximum Gasteiger partial charge on any atom is 0.490 e. The average Bonchev–Trinajstić information content (AvgIpc) is 2.68. The highest BCUT2D eigenvalue weighted by Gasteiger charge is 2.38. The summed E-state index contributed by atoms with van der Waals surface area (Å²) < 4.78 is 76.7. The highest BCUT2D eigenvalue weighted by Crippen LogP contribution is 2.26. The fraction of sp³-hybridized carbons (Fsp3) is 0.333. The maximum absolute atomic E-state index is 13.0. The molecule has 2 heterocycles. The molecule has 0 unspecified atom stereocenters. The quantitative estimate of drug-likeness (QED) is 0.720. The minimum absolute atomic E-state index is 0.100. The van der Waals surface area contributed by atoms with E-state index in [4.69, 9.17) is 14.6 Å². The number of aromatic nitrogens is 1. The van der Waals surface area contributed by atoms with Gasteiger partial charge < -0.3 is 9.84 Å². The number of fused-ring (bicyclic) bond motifs is 1. The number of aliphatic carboxylic acids is 1. The Morgan fingerprint density at radius 2 is 1.83 bits per heavy atom. The van der Waals surface area contributed by atoms with Crippen LogP contribution >= 0.6 is 0 Å². The number of methoxy groups -OCH3 is 1. The number of hydrogen-bond acceptors (Lipinski definition) is 5. The summed E-state index contributed by atoms with van der Waals surface area (Å²) in [6.07, 6.45) is -1.02. The standard InChI is InChI=1S/C16H17FN2O3S.C2HF3O2/c1-22-11-13-9-18-8-12-10-19(7-6-16(12)13)23(20,21)15-4-2-14(17)3-5-15;3-2(4,5)1(6)7/h2-5,8-9H,6-7,10-11H2,1H3;(H,6,7). The third-order valence-corrected chi connectivity index (χ3v) is 6.05. The number of carboxylic acids is 1.